The van der Waals surface area contributed by atoms with E-state index in [1.54, 1.807) is 0 Å². The molecule has 0 fully saturated rings. The fraction of sp³-hybridized carbons (Fsp3) is 0. The minimum atomic E-state index is 0.915. The first kappa shape index (κ1) is 63.7. The molecule has 0 saturated heterocycles. The fourth-order valence-electron chi connectivity index (χ4n) is 16.7. The van der Waals surface area contributed by atoms with Gasteiger partial charge in [-0.2, -0.15) is 0 Å². The molecule has 0 saturated carbocycles. The zero-order valence-electron chi connectivity index (χ0n) is 59.9. The Labute approximate surface area is 635 Å². The lowest BCUT2D eigenvalue weighted by atomic mass is 9.98. The van der Waals surface area contributed by atoms with Crippen molar-refractivity contribution in [2.45, 2.75) is 0 Å². The van der Waals surface area contributed by atoms with Crippen molar-refractivity contribution in [1.82, 2.24) is 9.13 Å². The molecule has 0 aliphatic carbocycles. The molecule has 4 heterocycles. The van der Waals surface area contributed by atoms with Crippen LogP contribution in [-0.4, -0.2) is 9.13 Å². The van der Waals surface area contributed by atoms with Crippen molar-refractivity contribution in [3.8, 4) is 55.9 Å². The zero-order chi connectivity index (χ0) is 72.6. The number of rotatable bonds is 12. The molecule has 0 spiro atoms. The first-order valence-electron chi connectivity index (χ1n) is 37.5. The van der Waals surface area contributed by atoms with Gasteiger partial charge in [-0.3, -0.25) is 0 Å². The molecule has 0 aliphatic heterocycles. The SMILES string of the molecule is c1ccc(N(c2ccc(-c3ccc(-n4c5ccccc5c5cc6oc7ccccc7c6cc54)cc3)cc2)c2ccc(-c3cccc4ccccc34)cc2)cc1.c1ccc(N(c2ccc(-c3ccc(-n4c5ccccc5c5cc6oc7ccccc7c6cc54)cc3)cc2)c2cccc(-c3ccc4ccccc4c3)c2)cc1. The van der Waals surface area contributed by atoms with E-state index in [0.717, 1.165) is 89.4 Å². The van der Waals surface area contributed by atoms with Crippen LogP contribution in [0.25, 0.3) is 165 Å². The van der Waals surface area contributed by atoms with Gasteiger partial charge in [-0.1, -0.05) is 261 Å². The van der Waals surface area contributed by atoms with Gasteiger partial charge >= 0.3 is 0 Å². The first-order valence-corrected chi connectivity index (χ1v) is 37.5. The van der Waals surface area contributed by atoms with Crippen LogP contribution >= 0.6 is 0 Å². The Bertz CT molecular complexity index is 7230. The van der Waals surface area contributed by atoms with Crippen LogP contribution in [0.2, 0.25) is 0 Å². The van der Waals surface area contributed by atoms with Gasteiger partial charge < -0.3 is 27.8 Å². The third-order valence-corrected chi connectivity index (χ3v) is 22.0. The third kappa shape index (κ3) is 11.2. The summed E-state index contributed by atoms with van der Waals surface area (Å²) < 4.78 is 17.3. The topological polar surface area (TPSA) is 42.6 Å². The molecule has 0 N–H and O–H groups in total. The van der Waals surface area contributed by atoms with E-state index in [2.05, 4.69) is 407 Å². The molecule has 110 heavy (non-hydrogen) atoms. The maximum Gasteiger partial charge on any atom is 0.136 e. The lowest BCUT2D eigenvalue weighted by molar-refractivity contribution is 0.669. The van der Waals surface area contributed by atoms with Crippen LogP contribution in [0.4, 0.5) is 34.1 Å². The van der Waals surface area contributed by atoms with Gasteiger partial charge in [0, 0.05) is 88.6 Å². The number of aromatic nitrogens is 2. The molecule has 0 aliphatic rings. The summed E-state index contributed by atoms with van der Waals surface area (Å²) in [7, 11) is 0. The third-order valence-electron chi connectivity index (χ3n) is 22.0. The van der Waals surface area contributed by atoms with Crippen LogP contribution in [0.15, 0.2) is 421 Å². The predicted octanol–water partition coefficient (Wildman–Crippen LogP) is 29.3. The lowest BCUT2D eigenvalue weighted by Gasteiger charge is -2.26. The van der Waals surface area contributed by atoms with Crippen molar-refractivity contribution in [3.05, 3.63) is 413 Å². The highest BCUT2D eigenvalue weighted by molar-refractivity contribution is 6.19. The Morgan fingerprint density at radius 1 is 0.173 bits per heavy atom. The van der Waals surface area contributed by atoms with Crippen LogP contribution in [-0.2, 0) is 0 Å². The standard InChI is InChI=1S/2C52H34N2O/c1-2-13-39(14-3-1)53(41-31-25-38(26-32-41)44-18-10-12-37-11-4-5-15-43(37)44)40-27-21-35(22-28-40)36-23-29-42(30-24-36)54-49-19-8-6-16-45(49)47-34-52-48(33-50(47)54)46-17-7-9-20-51(46)55-52;1-2-14-41(15-3-1)53(44-16-10-13-39(32-44)40-22-21-35-11-4-5-12-38(35)31-40)42-27-23-36(24-28-42)37-25-29-43(30-26-37)54-49-19-8-6-17-45(49)47-34-52-48(33-50(47)54)46-18-7-9-20-51(46)55-52/h2*1-34H. The first-order chi connectivity index (χ1) is 54.5. The van der Waals surface area contributed by atoms with Gasteiger partial charge in [0.25, 0.3) is 0 Å². The van der Waals surface area contributed by atoms with Crippen molar-refractivity contribution in [1.29, 1.82) is 0 Å². The fourth-order valence-corrected chi connectivity index (χ4v) is 16.7. The second-order valence-electron chi connectivity index (χ2n) is 28.3. The Morgan fingerprint density at radius 2 is 0.536 bits per heavy atom. The van der Waals surface area contributed by atoms with E-state index in [-0.39, 0.29) is 0 Å². The van der Waals surface area contributed by atoms with Crippen LogP contribution < -0.4 is 9.80 Å². The monoisotopic (exact) mass is 1400 g/mol. The van der Waals surface area contributed by atoms with E-state index in [1.807, 2.05) is 24.3 Å². The van der Waals surface area contributed by atoms with Crippen molar-refractivity contribution >= 4 is 143 Å². The molecular weight excluding hydrogens is 1340 g/mol. The number of anilines is 6. The molecule has 0 radical (unpaired) electrons. The molecule has 4 aromatic heterocycles. The van der Waals surface area contributed by atoms with Crippen LogP contribution in [0.1, 0.15) is 0 Å². The Hall–Kier alpha value is -14.7. The number of para-hydroxylation sites is 6. The quantitative estimate of drug-likeness (QED) is 0.122. The van der Waals surface area contributed by atoms with Gasteiger partial charge in [-0.05, 0) is 218 Å². The van der Waals surface area contributed by atoms with E-state index >= 15 is 0 Å². The van der Waals surface area contributed by atoms with Crippen molar-refractivity contribution in [3.63, 3.8) is 0 Å². The normalized spacial score (nSPS) is 11.6. The molecule has 516 valence electrons. The number of nitrogens with zero attached hydrogens (tertiary/aromatic N) is 4. The van der Waals surface area contributed by atoms with Crippen molar-refractivity contribution < 1.29 is 8.83 Å². The van der Waals surface area contributed by atoms with Crippen molar-refractivity contribution in [2.24, 2.45) is 0 Å². The number of fused-ring (bicyclic) bond motifs is 14. The number of hydrogen-bond donors (Lipinski definition) is 0. The van der Waals surface area contributed by atoms with Crippen molar-refractivity contribution in [2.75, 3.05) is 9.80 Å². The summed E-state index contributed by atoms with van der Waals surface area (Å²) in [6, 6.07) is 148. The second-order valence-corrected chi connectivity index (χ2v) is 28.3. The largest absolute Gasteiger partial charge is 0.456 e. The van der Waals surface area contributed by atoms with E-state index in [4.69, 9.17) is 8.83 Å². The number of benzene rings is 18. The van der Waals surface area contributed by atoms with Crippen LogP contribution in [0.3, 0.4) is 0 Å². The van der Waals surface area contributed by atoms with Gasteiger partial charge in [-0.15, -0.1) is 0 Å². The predicted molar refractivity (Wildman–Crippen MR) is 462 cm³/mol. The number of hydrogen-bond acceptors (Lipinski definition) is 4. The Kier molecular flexibility index (Phi) is 15.5. The highest BCUT2D eigenvalue weighted by Crippen LogP contribution is 2.44. The summed E-state index contributed by atoms with van der Waals surface area (Å²) in [4.78, 5) is 4.65. The lowest BCUT2D eigenvalue weighted by Crippen LogP contribution is -2.09. The van der Waals surface area contributed by atoms with Gasteiger partial charge in [0.15, 0.2) is 0 Å². The molecule has 22 aromatic rings. The van der Waals surface area contributed by atoms with E-state index in [1.165, 1.54) is 110 Å². The molecule has 18 aromatic carbocycles. The van der Waals surface area contributed by atoms with Gasteiger partial charge in [-0.25, -0.2) is 0 Å². The zero-order valence-corrected chi connectivity index (χ0v) is 59.9. The molecule has 22 rings (SSSR count). The van der Waals surface area contributed by atoms with Gasteiger partial charge in [0.05, 0.1) is 22.1 Å². The average molecular weight is 1410 g/mol. The smallest absolute Gasteiger partial charge is 0.136 e. The van der Waals surface area contributed by atoms with E-state index in [0.29, 0.717) is 0 Å². The summed E-state index contributed by atoms with van der Waals surface area (Å²) in [6.07, 6.45) is 0. The molecule has 0 amide bonds. The van der Waals surface area contributed by atoms with Crippen LogP contribution in [0.5, 0.6) is 0 Å². The summed E-state index contributed by atoms with van der Waals surface area (Å²) in [5.41, 5.74) is 26.8. The number of furan rings is 2. The molecule has 6 nitrogen and oxygen atoms in total. The molecular formula is C104H68N4O2. The maximum absolute atomic E-state index is 6.29. The summed E-state index contributed by atoms with van der Waals surface area (Å²) in [5, 5.41) is 14.4. The summed E-state index contributed by atoms with van der Waals surface area (Å²) in [5.74, 6) is 0. The molecule has 0 bridgehead atoms. The molecule has 6 heteroatoms. The minimum Gasteiger partial charge on any atom is -0.456 e. The Morgan fingerprint density at radius 3 is 1.05 bits per heavy atom. The maximum atomic E-state index is 6.29. The summed E-state index contributed by atoms with van der Waals surface area (Å²) >= 11 is 0. The van der Waals surface area contributed by atoms with Crippen LogP contribution in [0, 0.1) is 0 Å². The second kappa shape index (κ2) is 26.7. The highest BCUT2D eigenvalue weighted by atomic mass is 16.3. The Balaban J connectivity index is 0.000000140. The van der Waals surface area contributed by atoms with E-state index in [9.17, 15) is 0 Å². The summed E-state index contributed by atoms with van der Waals surface area (Å²) in [6.45, 7) is 0. The highest BCUT2D eigenvalue weighted by Gasteiger charge is 2.21. The van der Waals surface area contributed by atoms with E-state index < -0.39 is 0 Å². The molecule has 0 atom stereocenters. The van der Waals surface area contributed by atoms with Gasteiger partial charge in [0.2, 0.25) is 0 Å². The average Bonchev–Trinajstić information content (AvgIpc) is 1.58. The minimum absolute atomic E-state index is 0.915. The van der Waals surface area contributed by atoms with Gasteiger partial charge in [0.1, 0.15) is 22.3 Å². The molecule has 0 unspecified atom stereocenters.